The third-order valence-electron chi connectivity index (χ3n) is 3.72. The van der Waals surface area contributed by atoms with E-state index < -0.39 is 0 Å². The van der Waals surface area contributed by atoms with Gasteiger partial charge < -0.3 is 10.3 Å². The standard InChI is InChI=1S/C12H20N4/c1-9-14-10-7-13-8-11(12(10)15-9)16-5-3-2-4-6-16/h11,13H,2-8H2,1H3,(H,14,15). The second kappa shape index (κ2) is 4.18. The van der Waals surface area contributed by atoms with Crippen molar-refractivity contribution in [2.45, 2.75) is 38.8 Å². The Balaban J connectivity index is 1.85. The Morgan fingerprint density at radius 1 is 1.25 bits per heavy atom. The monoisotopic (exact) mass is 220 g/mol. The minimum atomic E-state index is 0.494. The molecule has 2 aliphatic heterocycles. The number of aromatic amines is 1. The Bertz CT molecular complexity index is 365. The molecule has 3 heterocycles. The molecule has 1 aromatic heterocycles. The van der Waals surface area contributed by atoms with Gasteiger partial charge in [-0.3, -0.25) is 4.90 Å². The van der Waals surface area contributed by atoms with Crippen LogP contribution in [-0.4, -0.2) is 34.5 Å². The van der Waals surface area contributed by atoms with E-state index in [-0.39, 0.29) is 0 Å². The van der Waals surface area contributed by atoms with Crippen molar-refractivity contribution in [3.8, 4) is 0 Å². The van der Waals surface area contributed by atoms with Gasteiger partial charge in [-0.2, -0.15) is 0 Å². The minimum absolute atomic E-state index is 0.494. The van der Waals surface area contributed by atoms with Crippen molar-refractivity contribution < 1.29 is 0 Å². The van der Waals surface area contributed by atoms with E-state index in [0.29, 0.717) is 6.04 Å². The first-order valence-electron chi connectivity index (χ1n) is 6.35. The SMILES string of the molecule is Cc1nc2c([nH]1)CNCC2N1CCCCC1. The molecule has 1 atom stereocenters. The summed E-state index contributed by atoms with van der Waals surface area (Å²) < 4.78 is 0. The van der Waals surface area contributed by atoms with Crippen LogP contribution in [0.15, 0.2) is 0 Å². The fourth-order valence-corrected chi connectivity index (χ4v) is 2.93. The first-order chi connectivity index (χ1) is 7.84. The number of piperidine rings is 1. The molecule has 1 fully saturated rings. The Morgan fingerprint density at radius 3 is 2.88 bits per heavy atom. The first kappa shape index (κ1) is 10.3. The van der Waals surface area contributed by atoms with Crippen LogP contribution >= 0.6 is 0 Å². The van der Waals surface area contributed by atoms with Crippen LogP contribution in [0.2, 0.25) is 0 Å². The summed E-state index contributed by atoms with van der Waals surface area (Å²) >= 11 is 0. The summed E-state index contributed by atoms with van der Waals surface area (Å²) in [7, 11) is 0. The maximum atomic E-state index is 4.67. The first-order valence-corrected chi connectivity index (χ1v) is 6.35. The second-order valence-corrected chi connectivity index (χ2v) is 4.93. The fourth-order valence-electron chi connectivity index (χ4n) is 2.93. The van der Waals surface area contributed by atoms with Crippen molar-refractivity contribution in [2.24, 2.45) is 0 Å². The molecule has 4 heteroatoms. The molecule has 2 aliphatic rings. The topological polar surface area (TPSA) is 44.0 Å². The van der Waals surface area contributed by atoms with Crippen molar-refractivity contribution in [2.75, 3.05) is 19.6 Å². The highest BCUT2D eigenvalue weighted by molar-refractivity contribution is 5.21. The van der Waals surface area contributed by atoms with E-state index in [9.17, 15) is 0 Å². The van der Waals surface area contributed by atoms with Gasteiger partial charge in [0.15, 0.2) is 0 Å². The summed E-state index contributed by atoms with van der Waals surface area (Å²) in [6, 6.07) is 0.494. The van der Waals surface area contributed by atoms with E-state index in [4.69, 9.17) is 0 Å². The average Bonchev–Trinajstić information content (AvgIpc) is 2.70. The molecule has 0 bridgehead atoms. The lowest BCUT2D eigenvalue weighted by Crippen LogP contribution is -2.42. The van der Waals surface area contributed by atoms with Gasteiger partial charge in [-0.15, -0.1) is 0 Å². The number of hydrogen-bond acceptors (Lipinski definition) is 3. The van der Waals surface area contributed by atoms with E-state index in [1.54, 1.807) is 0 Å². The molecule has 0 aromatic carbocycles. The maximum Gasteiger partial charge on any atom is 0.103 e. The highest BCUT2D eigenvalue weighted by Gasteiger charge is 2.29. The predicted octanol–water partition coefficient (Wildman–Crippen LogP) is 1.35. The molecule has 0 radical (unpaired) electrons. The zero-order valence-corrected chi connectivity index (χ0v) is 9.92. The number of likely N-dealkylation sites (tertiary alicyclic amines) is 1. The Labute approximate surface area is 96.4 Å². The van der Waals surface area contributed by atoms with Crippen LogP contribution in [0.25, 0.3) is 0 Å². The molecular formula is C12H20N4. The number of aryl methyl sites for hydroxylation is 1. The lowest BCUT2D eigenvalue weighted by molar-refractivity contribution is 0.151. The third kappa shape index (κ3) is 1.76. The number of aromatic nitrogens is 2. The third-order valence-corrected chi connectivity index (χ3v) is 3.72. The van der Waals surface area contributed by atoms with Gasteiger partial charge in [0.1, 0.15) is 5.82 Å². The lowest BCUT2D eigenvalue weighted by Gasteiger charge is -2.36. The minimum Gasteiger partial charge on any atom is -0.345 e. The highest BCUT2D eigenvalue weighted by atomic mass is 15.2. The van der Waals surface area contributed by atoms with Crippen LogP contribution in [0.3, 0.4) is 0 Å². The quantitative estimate of drug-likeness (QED) is 0.751. The number of rotatable bonds is 1. The van der Waals surface area contributed by atoms with Gasteiger partial charge in [-0.05, 0) is 32.9 Å². The van der Waals surface area contributed by atoms with Crippen molar-refractivity contribution in [3.63, 3.8) is 0 Å². The molecule has 88 valence electrons. The average molecular weight is 220 g/mol. The second-order valence-electron chi connectivity index (χ2n) is 4.93. The van der Waals surface area contributed by atoms with E-state index >= 15 is 0 Å². The molecule has 2 N–H and O–H groups in total. The summed E-state index contributed by atoms with van der Waals surface area (Å²) in [4.78, 5) is 10.6. The van der Waals surface area contributed by atoms with Gasteiger partial charge in [0, 0.05) is 13.1 Å². The molecule has 0 spiro atoms. The van der Waals surface area contributed by atoms with Crippen LogP contribution in [0.1, 0.15) is 42.5 Å². The normalized spacial score (nSPS) is 26.7. The fraction of sp³-hybridized carbons (Fsp3) is 0.750. The Hall–Kier alpha value is -0.870. The zero-order chi connectivity index (χ0) is 11.0. The Morgan fingerprint density at radius 2 is 2.06 bits per heavy atom. The van der Waals surface area contributed by atoms with Crippen molar-refractivity contribution in [1.29, 1.82) is 0 Å². The van der Waals surface area contributed by atoms with Gasteiger partial charge in [-0.1, -0.05) is 6.42 Å². The van der Waals surface area contributed by atoms with E-state index in [0.717, 1.165) is 18.9 Å². The van der Waals surface area contributed by atoms with E-state index in [1.165, 1.54) is 43.7 Å². The molecule has 4 nitrogen and oxygen atoms in total. The van der Waals surface area contributed by atoms with Gasteiger partial charge in [0.25, 0.3) is 0 Å². The zero-order valence-electron chi connectivity index (χ0n) is 9.92. The van der Waals surface area contributed by atoms with E-state index in [2.05, 4.69) is 20.2 Å². The molecular weight excluding hydrogens is 200 g/mol. The summed E-state index contributed by atoms with van der Waals surface area (Å²) in [5.41, 5.74) is 2.58. The van der Waals surface area contributed by atoms with Gasteiger partial charge in [0.05, 0.1) is 17.4 Å². The summed E-state index contributed by atoms with van der Waals surface area (Å²) in [5, 5.41) is 3.49. The molecule has 3 rings (SSSR count). The molecule has 0 amide bonds. The molecule has 16 heavy (non-hydrogen) atoms. The van der Waals surface area contributed by atoms with Crippen LogP contribution in [0.5, 0.6) is 0 Å². The summed E-state index contributed by atoms with van der Waals surface area (Å²) in [5.74, 6) is 1.05. The van der Waals surface area contributed by atoms with Gasteiger partial charge in [-0.25, -0.2) is 4.98 Å². The van der Waals surface area contributed by atoms with Crippen molar-refractivity contribution >= 4 is 0 Å². The predicted molar refractivity (Wildman–Crippen MR) is 63.2 cm³/mol. The number of H-pyrrole nitrogens is 1. The number of nitrogens with one attached hydrogen (secondary N) is 2. The molecule has 0 saturated carbocycles. The van der Waals surface area contributed by atoms with Crippen molar-refractivity contribution in [3.05, 3.63) is 17.2 Å². The molecule has 1 unspecified atom stereocenters. The largest absolute Gasteiger partial charge is 0.345 e. The van der Waals surface area contributed by atoms with Gasteiger partial charge in [0.2, 0.25) is 0 Å². The van der Waals surface area contributed by atoms with Gasteiger partial charge >= 0.3 is 0 Å². The number of fused-ring (bicyclic) bond motifs is 1. The number of hydrogen-bond donors (Lipinski definition) is 2. The smallest absolute Gasteiger partial charge is 0.103 e. The summed E-state index contributed by atoms with van der Waals surface area (Å²) in [6.45, 7) is 6.51. The van der Waals surface area contributed by atoms with Crippen LogP contribution in [-0.2, 0) is 6.54 Å². The Kier molecular flexibility index (Phi) is 2.69. The van der Waals surface area contributed by atoms with Crippen LogP contribution in [0, 0.1) is 6.92 Å². The highest BCUT2D eigenvalue weighted by Crippen LogP contribution is 2.27. The van der Waals surface area contributed by atoms with E-state index in [1.807, 2.05) is 6.92 Å². The summed E-state index contributed by atoms with van der Waals surface area (Å²) in [6.07, 6.45) is 4.08. The number of nitrogens with zero attached hydrogens (tertiary/aromatic N) is 2. The molecule has 1 aromatic rings. The lowest BCUT2D eigenvalue weighted by atomic mass is 10.0. The maximum absolute atomic E-state index is 4.67. The van der Waals surface area contributed by atoms with Crippen molar-refractivity contribution in [1.82, 2.24) is 20.2 Å². The van der Waals surface area contributed by atoms with Crippen LogP contribution in [0.4, 0.5) is 0 Å². The number of imidazole rings is 1. The molecule has 1 saturated heterocycles. The van der Waals surface area contributed by atoms with Crippen LogP contribution < -0.4 is 5.32 Å². The molecule has 0 aliphatic carbocycles.